The smallest absolute Gasteiger partial charge is 0.229 e. The molecule has 136 valence electrons. The highest BCUT2D eigenvalue weighted by Crippen LogP contribution is 2.30. The number of carbonyl (C=O) groups excluding carboxylic acids is 1. The molecule has 1 aliphatic rings. The number of nitrogens with one attached hydrogen (secondary N) is 2. The number of amides is 1. The van der Waals surface area contributed by atoms with Crippen molar-refractivity contribution in [2.75, 3.05) is 18.4 Å². The van der Waals surface area contributed by atoms with Crippen molar-refractivity contribution in [3.63, 3.8) is 0 Å². The predicted octanol–water partition coefficient (Wildman–Crippen LogP) is 4.02. The molecule has 2 heterocycles. The van der Waals surface area contributed by atoms with Crippen LogP contribution in [0.2, 0.25) is 0 Å². The minimum Gasteiger partial charge on any atom is -0.325 e. The van der Waals surface area contributed by atoms with Crippen molar-refractivity contribution >= 4 is 47.2 Å². The van der Waals surface area contributed by atoms with Crippen LogP contribution in [0.5, 0.6) is 0 Å². The summed E-state index contributed by atoms with van der Waals surface area (Å²) in [4.78, 5) is 17.0. The van der Waals surface area contributed by atoms with Crippen LogP contribution in [0.1, 0.15) is 11.5 Å². The number of benzene rings is 2. The summed E-state index contributed by atoms with van der Waals surface area (Å²) in [7, 11) is 0. The quantitative estimate of drug-likeness (QED) is 0.710. The summed E-state index contributed by atoms with van der Waals surface area (Å²) in [5.74, 6) is 0.213. The van der Waals surface area contributed by atoms with Gasteiger partial charge in [0.2, 0.25) is 5.91 Å². The van der Waals surface area contributed by atoms with E-state index in [9.17, 15) is 4.79 Å². The molecular weight excluding hydrogens is 369 g/mol. The molecular formula is C20H21Cl2N3O. The maximum Gasteiger partial charge on any atom is 0.229 e. The largest absolute Gasteiger partial charge is 0.325 e. The summed E-state index contributed by atoms with van der Waals surface area (Å²) in [6.07, 6.45) is 3.57. The number of fused-ring (bicyclic) bond motifs is 1. The summed E-state index contributed by atoms with van der Waals surface area (Å²) in [5.41, 5.74) is 2.06. The molecule has 0 bridgehead atoms. The van der Waals surface area contributed by atoms with Crippen LogP contribution in [0.15, 0.2) is 67.0 Å². The van der Waals surface area contributed by atoms with Gasteiger partial charge in [0.05, 0.1) is 5.92 Å². The highest BCUT2D eigenvalue weighted by Gasteiger charge is 2.33. The van der Waals surface area contributed by atoms with Gasteiger partial charge in [-0.1, -0.05) is 42.5 Å². The van der Waals surface area contributed by atoms with Crippen molar-refractivity contribution < 1.29 is 4.79 Å². The normalized spacial score (nSPS) is 18.6. The number of carbonyl (C=O) groups is 1. The van der Waals surface area contributed by atoms with E-state index in [0.29, 0.717) is 6.54 Å². The lowest BCUT2D eigenvalue weighted by Crippen LogP contribution is -2.28. The lowest BCUT2D eigenvalue weighted by atomic mass is 9.88. The first-order chi connectivity index (χ1) is 11.8. The summed E-state index contributed by atoms with van der Waals surface area (Å²) in [6.45, 7) is 1.54. The van der Waals surface area contributed by atoms with Gasteiger partial charge in [0.15, 0.2) is 0 Å². The van der Waals surface area contributed by atoms with Crippen molar-refractivity contribution in [2.24, 2.45) is 5.92 Å². The molecule has 4 rings (SSSR count). The second kappa shape index (κ2) is 8.99. The molecule has 0 saturated carbocycles. The van der Waals surface area contributed by atoms with Gasteiger partial charge >= 0.3 is 0 Å². The fourth-order valence-corrected chi connectivity index (χ4v) is 3.46. The van der Waals surface area contributed by atoms with Crippen molar-refractivity contribution in [3.05, 3.63) is 72.6 Å². The van der Waals surface area contributed by atoms with Gasteiger partial charge in [-0.15, -0.1) is 24.8 Å². The van der Waals surface area contributed by atoms with Crippen LogP contribution in [-0.4, -0.2) is 24.0 Å². The van der Waals surface area contributed by atoms with E-state index in [4.69, 9.17) is 0 Å². The van der Waals surface area contributed by atoms with Crippen LogP contribution in [0.25, 0.3) is 10.8 Å². The third kappa shape index (κ3) is 3.98. The molecule has 0 spiro atoms. The minimum atomic E-state index is -0.0653. The number of hydrogen-bond donors (Lipinski definition) is 2. The number of aromatic nitrogens is 1. The van der Waals surface area contributed by atoms with E-state index in [0.717, 1.165) is 23.0 Å². The predicted molar refractivity (Wildman–Crippen MR) is 110 cm³/mol. The van der Waals surface area contributed by atoms with E-state index in [1.807, 2.05) is 48.7 Å². The second-order valence-electron chi connectivity index (χ2n) is 6.17. The Morgan fingerprint density at radius 1 is 1.00 bits per heavy atom. The van der Waals surface area contributed by atoms with Gasteiger partial charge in [0, 0.05) is 47.9 Å². The Labute approximate surface area is 165 Å². The van der Waals surface area contributed by atoms with Gasteiger partial charge in [-0.25, -0.2) is 0 Å². The Bertz CT molecular complexity index is 868. The van der Waals surface area contributed by atoms with Crippen LogP contribution in [0, 0.1) is 5.92 Å². The van der Waals surface area contributed by atoms with Crippen LogP contribution >= 0.6 is 24.8 Å². The Kier molecular flexibility index (Phi) is 6.98. The third-order valence-corrected chi connectivity index (χ3v) is 4.72. The molecule has 1 amide bonds. The topological polar surface area (TPSA) is 54.0 Å². The average molecular weight is 390 g/mol. The maximum absolute atomic E-state index is 12.9. The third-order valence-electron chi connectivity index (χ3n) is 4.72. The number of halogens is 2. The van der Waals surface area contributed by atoms with Gasteiger partial charge < -0.3 is 10.6 Å². The molecule has 26 heavy (non-hydrogen) atoms. The first kappa shape index (κ1) is 20.2. The summed E-state index contributed by atoms with van der Waals surface area (Å²) in [5, 5.41) is 8.52. The number of nitrogens with zero attached hydrogens (tertiary/aromatic N) is 1. The van der Waals surface area contributed by atoms with E-state index in [1.165, 1.54) is 5.56 Å². The van der Waals surface area contributed by atoms with Crippen LogP contribution in [-0.2, 0) is 4.79 Å². The van der Waals surface area contributed by atoms with E-state index < -0.39 is 0 Å². The fourth-order valence-electron chi connectivity index (χ4n) is 3.46. The summed E-state index contributed by atoms with van der Waals surface area (Å²) in [6, 6.07) is 18.1. The molecule has 0 radical (unpaired) electrons. The van der Waals surface area contributed by atoms with E-state index >= 15 is 0 Å². The van der Waals surface area contributed by atoms with Gasteiger partial charge in [0.1, 0.15) is 0 Å². The van der Waals surface area contributed by atoms with Crippen molar-refractivity contribution in [2.45, 2.75) is 5.92 Å². The molecule has 2 aromatic carbocycles. The molecule has 6 heteroatoms. The van der Waals surface area contributed by atoms with Gasteiger partial charge in [0.25, 0.3) is 0 Å². The molecule has 1 fully saturated rings. The molecule has 1 aromatic heterocycles. The Balaban J connectivity index is 0.00000121. The van der Waals surface area contributed by atoms with Crippen LogP contribution in [0.3, 0.4) is 0 Å². The average Bonchev–Trinajstić information content (AvgIpc) is 3.13. The van der Waals surface area contributed by atoms with E-state index in [-0.39, 0.29) is 42.6 Å². The standard InChI is InChI=1S/C20H19N3O.2ClH/c24-20(18-13-22-12-17(18)14-5-2-1-3-6-14)23-19-8-4-7-15-11-21-10-9-16(15)19;;/h1-11,17-18,22H,12-13H2,(H,23,24);2*1H/t17-,18-;;/m0../s1. The maximum atomic E-state index is 12.9. The van der Waals surface area contributed by atoms with Crippen LogP contribution < -0.4 is 10.6 Å². The summed E-state index contributed by atoms with van der Waals surface area (Å²) >= 11 is 0. The first-order valence-electron chi connectivity index (χ1n) is 8.22. The zero-order valence-corrected chi connectivity index (χ0v) is 15.7. The monoisotopic (exact) mass is 389 g/mol. The van der Waals surface area contributed by atoms with Crippen molar-refractivity contribution in [1.29, 1.82) is 0 Å². The second-order valence-corrected chi connectivity index (χ2v) is 6.17. The SMILES string of the molecule is Cl.Cl.O=C(Nc1cccc2cnccc12)[C@H]1CNC[C@H]1c1ccccc1. The number of anilines is 1. The zero-order chi connectivity index (χ0) is 16.4. The molecule has 2 N–H and O–H groups in total. The van der Waals surface area contributed by atoms with E-state index in [2.05, 4.69) is 27.8 Å². The zero-order valence-electron chi connectivity index (χ0n) is 14.1. The lowest BCUT2D eigenvalue weighted by Gasteiger charge is -2.19. The summed E-state index contributed by atoms with van der Waals surface area (Å²) < 4.78 is 0. The fraction of sp³-hybridized carbons (Fsp3) is 0.200. The number of pyridine rings is 1. The molecule has 2 atom stereocenters. The Morgan fingerprint density at radius 3 is 2.62 bits per heavy atom. The Morgan fingerprint density at radius 2 is 1.81 bits per heavy atom. The van der Waals surface area contributed by atoms with Gasteiger partial charge in [-0.05, 0) is 17.7 Å². The molecule has 0 unspecified atom stereocenters. The van der Waals surface area contributed by atoms with Gasteiger partial charge in [-0.2, -0.15) is 0 Å². The first-order valence-corrected chi connectivity index (χ1v) is 8.22. The molecule has 1 aliphatic heterocycles. The molecule has 1 saturated heterocycles. The van der Waals surface area contributed by atoms with Gasteiger partial charge in [-0.3, -0.25) is 9.78 Å². The molecule has 3 aromatic rings. The highest BCUT2D eigenvalue weighted by atomic mass is 35.5. The van der Waals surface area contributed by atoms with Crippen LogP contribution in [0.4, 0.5) is 5.69 Å². The number of rotatable bonds is 3. The highest BCUT2D eigenvalue weighted by molar-refractivity contribution is 6.03. The van der Waals surface area contributed by atoms with Crippen molar-refractivity contribution in [1.82, 2.24) is 10.3 Å². The Hall–Kier alpha value is -2.14. The number of hydrogen-bond acceptors (Lipinski definition) is 3. The van der Waals surface area contributed by atoms with Crippen molar-refractivity contribution in [3.8, 4) is 0 Å². The lowest BCUT2D eigenvalue weighted by molar-refractivity contribution is -0.119. The van der Waals surface area contributed by atoms with E-state index in [1.54, 1.807) is 6.20 Å². The minimum absolute atomic E-state index is 0. The molecule has 0 aliphatic carbocycles. The molecule has 4 nitrogen and oxygen atoms in total.